The Bertz CT molecular complexity index is 350. The monoisotopic (exact) mass is 196 g/mol. The molecule has 3 nitrogen and oxygen atoms in total. The van der Waals surface area contributed by atoms with Gasteiger partial charge in [-0.15, -0.1) is 0 Å². The molecule has 0 saturated heterocycles. The highest BCUT2D eigenvalue weighted by molar-refractivity contribution is 5.95. The number of hydrogen-bond donors (Lipinski definition) is 1. The first-order valence-corrected chi connectivity index (χ1v) is 4.25. The zero-order valence-corrected chi connectivity index (χ0v) is 8.47. The Hall–Kier alpha value is -1.42. The van der Waals surface area contributed by atoms with Crippen molar-refractivity contribution in [1.29, 1.82) is 0 Å². The van der Waals surface area contributed by atoms with Gasteiger partial charge in [-0.2, -0.15) is 0 Å². The van der Waals surface area contributed by atoms with Crippen LogP contribution >= 0.6 is 0 Å². The largest absolute Gasteiger partial charge is 0.285 e. The van der Waals surface area contributed by atoms with Gasteiger partial charge in [0.05, 0.1) is 0 Å². The molecular formula is C10H13FN2O. The third-order valence-corrected chi connectivity index (χ3v) is 1.76. The molecule has 0 fully saturated rings. The van der Waals surface area contributed by atoms with Crippen molar-refractivity contribution in [3.63, 3.8) is 0 Å². The van der Waals surface area contributed by atoms with E-state index < -0.39 is 0 Å². The number of rotatable bonds is 2. The average Bonchev–Trinajstić information content (AvgIpc) is 2.01. The standard InChI is InChI=1S/C10H13FN2O/c1-7-6-8(11)4-5-9(7)10(14)12-13(2)3/h4-6H,1-3H3,(H,12,14). The van der Waals surface area contributed by atoms with E-state index in [0.29, 0.717) is 11.1 Å². The number of nitrogens with one attached hydrogen (secondary N) is 1. The quantitative estimate of drug-likeness (QED) is 0.724. The van der Waals surface area contributed by atoms with Gasteiger partial charge in [0.25, 0.3) is 5.91 Å². The van der Waals surface area contributed by atoms with Gasteiger partial charge in [0.1, 0.15) is 5.82 Å². The van der Waals surface area contributed by atoms with E-state index in [1.807, 2.05) is 0 Å². The summed E-state index contributed by atoms with van der Waals surface area (Å²) >= 11 is 0. The van der Waals surface area contributed by atoms with Crippen molar-refractivity contribution in [3.05, 3.63) is 35.1 Å². The lowest BCUT2D eigenvalue weighted by Gasteiger charge is -2.12. The highest BCUT2D eigenvalue weighted by atomic mass is 19.1. The lowest BCUT2D eigenvalue weighted by atomic mass is 10.1. The molecule has 0 heterocycles. The first kappa shape index (κ1) is 10.7. The number of hydrogen-bond acceptors (Lipinski definition) is 2. The third-order valence-electron chi connectivity index (χ3n) is 1.76. The molecule has 4 heteroatoms. The van der Waals surface area contributed by atoms with Crippen LogP contribution in [0.4, 0.5) is 4.39 Å². The summed E-state index contributed by atoms with van der Waals surface area (Å²) in [6, 6.07) is 4.09. The molecule has 0 aliphatic carbocycles. The molecule has 0 bridgehead atoms. The van der Waals surface area contributed by atoms with Gasteiger partial charge in [0.2, 0.25) is 0 Å². The van der Waals surface area contributed by atoms with E-state index in [1.165, 1.54) is 18.2 Å². The summed E-state index contributed by atoms with van der Waals surface area (Å²) in [6.07, 6.45) is 0. The lowest BCUT2D eigenvalue weighted by Crippen LogP contribution is -2.36. The van der Waals surface area contributed by atoms with E-state index in [0.717, 1.165) is 0 Å². The van der Waals surface area contributed by atoms with Gasteiger partial charge in [-0.3, -0.25) is 10.2 Å². The third kappa shape index (κ3) is 2.53. The van der Waals surface area contributed by atoms with Crippen molar-refractivity contribution in [1.82, 2.24) is 10.4 Å². The van der Waals surface area contributed by atoms with Gasteiger partial charge in [-0.05, 0) is 30.7 Å². The Labute approximate surface area is 82.5 Å². The smallest absolute Gasteiger partial charge is 0.265 e. The molecule has 1 aromatic rings. The summed E-state index contributed by atoms with van der Waals surface area (Å²) in [5.74, 6) is -0.559. The molecule has 1 rings (SSSR count). The SMILES string of the molecule is Cc1cc(F)ccc1C(=O)NN(C)C. The van der Waals surface area contributed by atoms with Gasteiger partial charge in [-0.25, -0.2) is 9.40 Å². The molecule has 0 radical (unpaired) electrons. The van der Waals surface area contributed by atoms with Crippen LogP contribution in [-0.4, -0.2) is 25.0 Å². The Morgan fingerprint density at radius 3 is 2.57 bits per heavy atom. The van der Waals surface area contributed by atoms with E-state index in [9.17, 15) is 9.18 Å². The van der Waals surface area contributed by atoms with Crippen LogP contribution in [0.1, 0.15) is 15.9 Å². The average molecular weight is 196 g/mol. The number of hydrazine groups is 1. The number of carbonyl (C=O) groups is 1. The molecule has 0 atom stereocenters. The van der Waals surface area contributed by atoms with E-state index in [1.54, 1.807) is 26.0 Å². The van der Waals surface area contributed by atoms with Crippen LogP contribution in [0.25, 0.3) is 0 Å². The Morgan fingerprint density at radius 2 is 2.07 bits per heavy atom. The molecule has 0 spiro atoms. The van der Waals surface area contributed by atoms with Crippen LogP contribution < -0.4 is 5.43 Å². The summed E-state index contributed by atoms with van der Waals surface area (Å²) in [7, 11) is 3.44. The maximum absolute atomic E-state index is 12.7. The van der Waals surface area contributed by atoms with Crippen molar-refractivity contribution in [2.24, 2.45) is 0 Å². The van der Waals surface area contributed by atoms with E-state index in [2.05, 4.69) is 5.43 Å². The highest BCUT2D eigenvalue weighted by Crippen LogP contribution is 2.09. The first-order valence-electron chi connectivity index (χ1n) is 4.25. The summed E-state index contributed by atoms with van der Waals surface area (Å²) in [5, 5.41) is 1.55. The van der Waals surface area contributed by atoms with Crippen LogP contribution in [0, 0.1) is 12.7 Å². The molecule has 0 aliphatic rings. The van der Waals surface area contributed by atoms with E-state index in [-0.39, 0.29) is 11.7 Å². The molecule has 1 aromatic carbocycles. The minimum Gasteiger partial charge on any atom is -0.285 e. The van der Waals surface area contributed by atoms with Gasteiger partial charge < -0.3 is 0 Å². The van der Waals surface area contributed by atoms with Crippen LogP contribution in [0.5, 0.6) is 0 Å². The molecule has 76 valence electrons. The molecule has 1 N–H and O–H groups in total. The Kier molecular flexibility index (Phi) is 3.19. The minimum atomic E-state index is -0.330. The second-order valence-corrected chi connectivity index (χ2v) is 3.29. The number of amides is 1. The van der Waals surface area contributed by atoms with E-state index in [4.69, 9.17) is 0 Å². The van der Waals surface area contributed by atoms with Crippen molar-refractivity contribution >= 4 is 5.91 Å². The number of aryl methyl sites for hydroxylation is 1. The normalized spacial score (nSPS) is 10.4. The molecule has 1 amide bonds. The van der Waals surface area contributed by atoms with Crippen molar-refractivity contribution in [3.8, 4) is 0 Å². The lowest BCUT2D eigenvalue weighted by molar-refractivity contribution is 0.0856. The Morgan fingerprint density at radius 1 is 1.43 bits per heavy atom. The molecule has 0 aliphatic heterocycles. The maximum atomic E-state index is 12.7. The predicted molar refractivity (Wildman–Crippen MR) is 52.3 cm³/mol. The summed E-state index contributed by atoms with van der Waals surface area (Å²) in [5.41, 5.74) is 3.71. The zero-order valence-electron chi connectivity index (χ0n) is 8.47. The van der Waals surface area contributed by atoms with E-state index >= 15 is 0 Å². The molecule has 0 aromatic heterocycles. The number of benzene rings is 1. The van der Waals surface area contributed by atoms with Gasteiger partial charge in [0.15, 0.2) is 0 Å². The fraction of sp³-hybridized carbons (Fsp3) is 0.300. The Balaban J connectivity index is 2.90. The number of carbonyl (C=O) groups excluding carboxylic acids is 1. The molecular weight excluding hydrogens is 183 g/mol. The summed E-state index contributed by atoms with van der Waals surface area (Å²) in [6.45, 7) is 1.70. The van der Waals surface area contributed by atoms with Gasteiger partial charge >= 0.3 is 0 Å². The topological polar surface area (TPSA) is 32.3 Å². The fourth-order valence-corrected chi connectivity index (χ4v) is 1.15. The summed E-state index contributed by atoms with van der Waals surface area (Å²) < 4.78 is 12.7. The predicted octanol–water partition coefficient (Wildman–Crippen LogP) is 1.34. The van der Waals surface area contributed by atoms with Crippen LogP contribution in [-0.2, 0) is 0 Å². The summed E-state index contributed by atoms with van der Waals surface area (Å²) in [4.78, 5) is 11.5. The zero-order chi connectivity index (χ0) is 10.7. The minimum absolute atomic E-state index is 0.229. The molecule has 0 saturated carbocycles. The van der Waals surface area contributed by atoms with Crippen molar-refractivity contribution in [2.75, 3.05) is 14.1 Å². The second-order valence-electron chi connectivity index (χ2n) is 3.29. The highest BCUT2D eigenvalue weighted by Gasteiger charge is 2.09. The van der Waals surface area contributed by atoms with Crippen molar-refractivity contribution in [2.45, 2.75) is 6.92 Å². The fourth-order valence-electron chi connectivity index (χ4n) is 1.15. The van der Waals surface area contributed by atoms with Gasteiger partial charge in [-0.1, -0.05) is 0 Å². The number of nitrogens with zero attached hydrogens (tertiary/aromatic N) is 1. The van der Waals surface area contributed by atoms with Crippen LogP contribution in [0.2, 0.25) is 0 Å². The van der Waals surface area contributed by atoms with Crippen LogP contribution in [0.15, 0.2) is 18.2 Å². The molecule has 0 unspecified atom stereocenters. The number of halogens is 1. The first-order chi connectivity index (χ1) is 6.50. The second kappa shape index (κ2) is 4.19. The van der Waals surface area contributed by atoms with Crippen LogP contribution in [0.3, 0.4) is 0 Å². The maximum Gasteiger partial charge on any atom is 0.265 e. The molecule has 14 heavy (non-hydrogen) atoms. The van der Waals surface area contributed by atoms with Crippen molar-refractivity contribution < 1.29 is 9.18 Å². The van der Waals surface area contributed by atoms with Gasteiger partial charge in [0, 0.05) is 19.7 Å².